The SMILES string of the molecule is CC(C)(C)CC1CNc2ccncc2NC1=O. The Labute approximate surface area is 102 Å². The molecule has 1 atom stereocenters. The van der Waals surface area contributed by atoms with Crippen LogP contribution in [0.4, 0.5) is 11.4 Å². The Bertz CT molecular complexity index is 423. The number of anilines is 2. The molecular weight excluding hydrogens is 214 g/mol. The van der Waals surface area contributed by atoms with Gasteiger partial charge in [-0.2, -0.15) is 0 Å². The normalized spacial score (nSPS) is 19.9. The third-order valence-electron chi connectivity index (χ3n) is 2.85. The van der Waals surface area contributed by atoms with Crippen molar-refractivity contribution in [1.82, 2.24) is 4.98 Å². The Kier molecular flexibility index (Phi) is 3.05. The lowest BCUT2D eigenvalue weighted by molar-refractivity contribution is -0.120. The van der Waals surface area contributed by atoms with Crippen LogP contribution in [-0.4, -0.2) is 17.4 Å². The topological polar surface area (TPSA) is 54.0 Å². The first kappa shape index (κ1) is 11.9. The van der Waals surface area contributed by atoms with E-state index in [1.165, 1.54) is 0 Å². The Balaban J connectivity index is 2.15. The van der Waals surface area contributed by atoms with Crippen molar-refractivity contribution in [3.63, 3.8) is 0 Å². The van der Waals surface area contributed by atoms with Gasteiger partial charge in [0.2, 0.25) is 5.91 Å². The number of hydrogen-bond donors (Lipinski definition) is 2. The lowest BCUT2D eigenvalue weighted by Crippen LogP contribution is -2.29. The molecule has 0 radical (unpaired) electrons. The van der Waals surface area contributed by atoms with E-state index in [0.717, 1.165) is 17.8 Å². The first-order chi connectivity index (χ1) is 7.96. The van der Waals surface area contributed by atoms with Gasteiger partial charge in [0, 0.05) is 12.7 Å². The van der Waals surface area contributed by atoms with Crippen molar-refractivity contribution in [3.8, 4) is 0 Å². The molecular formula is C13H19N3O. The molecule has 1 aromatic rings. The number of carbonyl (C=O) groups excluding carboxylic acids is 1. The number of amides is 1. The molecule has 4 nitrogen and oxygen atoms in total. The van der Waals surface area contributed by atoms with Gasteiger partial charge >= 0.3 is 0 Å². The van der Waals surface area contributed by atoms with Crippen LogP contribution in [0.1, 0.15) is 27.2 Å². The Morgan fingerprint density at radius 3 is 2.88 bits per heavy atom. The molecule has 0 saturated heterocycles. The Hall–Kier alpha value is -1.58. The van der Waals surface area contributed by atoms with Gasteiger partial charge in [-0.3, -0.25) is 9.78 Å². The monoisotopic (exact) mass is 233 g/mol. The Morgan fingerprint density at radius 2 is 2.18 bits per heavy atom. The predicted octanol–water partition coefficient (Wildman–Crippen LogP) is 2.50. The van der Waals surface area contributed by atoms with Crippen molar-refractivity contribution in [2.24, 2.45) is 11.3 Å². The molecule has 17 heavy (non-hydrogen) atoms. The highest BCUT2D eigenvalue weighted by Gasteiger charge is 2.27. The standard InChI is InChI=1S/C13H19N3O/c1-13(2,3)6-9-7-15-10-4-5-14-8-11(10)16-12(9)17/h4-5,8-9,15H,6-7H2,1-3H3,(H,16,17). The Morgan fingerprint density at radius 1 is 1.41 bits per heavy atom. The summed E-state index contributed by atoms with van der Waals surface area (Å²) in [5, 5.41) is 6.24. The molecule has 92 valence electrons. The lowest BCUT2D eigenvalue weighted by Gasteiger charge is -2.23. The van der Waals surface area contributed by atoms with E-state index in [9.17, 15) is 4.79 Å². The summed E-state index contributed by atoms with van der Waals surface area (Å²) in [6, 6.07) is 1.88. The molecule has 4 heteroatoms. The van der Waals surface area contributed by atoms with Gasteiger partial charge in [-0.15, -0.1) is 0 Å². The van der Waals surface area contributed by atoms with Crippen molar-refractivity contribution < 1.29 is 4.79 Å². The molecule has 1 aliphatic heterocycles. The van der Waals surface area contributed by atoms with E-state index in [2.05, 4.69) is 36.4 Å². The van der Waals surface area contributed by atoms with E-state index in [-0.39, 0.29) is 17.2 Å². The largest absolute Gasteiger partial charge is 0.382 e. The fraction of sp³-hybridized carbons (Fsp3) is 0.538. The third-order valence-corrected chi connectivity index (χ3v) is 2.85. The van der Waals surface area contributed by atoms with E-state index in [0.29, 0.717) is 6.54 Å². The zero-order valence-electron chi connectivity index (χ0n) is 10.6. The van der Waals surface area contributed by atoms with Crippen LogP contribution in [0.3, 0.4) is 0 Å². The van der Waals surface area contributed by atoms with E-state index in [1.54, 1.807) is 12.4 Å². The molecule has 1 aromatic heterocycles. The van der Waals surface area contributed by atoms with Crippen LogP contribution in [0.15, 0.2) is 18.5 Å². The van der Waals surface area contributed by atoms with Crippen LogP contribution in [0.5, 0.6) is 0 Å². The van der Waals surface area contributed by atoms with Gasteiger partial charge in [0.15, 0.2) is 0 Å². The average molecular weight is 233 g/mol. The van der Waals surface area contributed by atoms with Crippen molar-refractivity contribution in [2.45, 2.75) is 27.2 Å². The van der Waals surface area contributed by atoms with Gasteiger partial charge in [0.25, 0.3) is 0 Å². The molecule has 1 unspecified atom stereocenters. The van der Waals surface area contributed by atoms with Crippen molar-refractivity contribution in [1.29, 1.82) is 0 Å². The first-order valence-electron chi connectivity index (χ1n) is 5.94. The number of rotatable bonds is 1. The molecule has 0 bridgehead atoms. The maximum atomic E-state index is 12.1. The van der Waals surface area contributed by atoms with Crippen LogP contribution < -0.4 is 10.6 Å². The minimum atomic E-state index is 0.00222. The summed E-state index contributed by atoms with van der Waals surface area (Å²) in [6.45, 7) is 7.14. The molecule has 0 spiro atoms. The van der Waals surface area contributed by atoms with Gasteiger partial charge < -0.3 is 10.6 Å². The molecule has 0 aromatic carbocycles. The summed E-state index contributed by atoms with van der Waals surface area (Å²) in [5.41, 5.74) is 1.87. The predicted molar refractivity (Wildman–Crippen MR) is 68.9 cm³/mol. The average Bonchev–Trinajstić information content (AvgIpc) is 2.37. The van der Waals surface area contributed by atoms with Gasteiger partial charge in [0.1, 0.15) is 0 Å². The molecule has 0 saturated carbocycles. The molecule has 0 fully saturated rings. The van der Waals surface area contributed by atoms with Crippen LogP contribution in [0, 0.1) is 11.3 Å². The smallest absolute Gasteiger partial charge is 0.229 e. The number of carbonyl (C=O) groups is 1. The van der Waals surface area contributed by atoms with Crippen LogP contribution >= 0.6 is 0 Å². The second kappa shape index (κ2) is 4.35. The second-order valence-electron chi connectivity index (χ2n) is 5.75. The molecule has 1 aliphatic rings. The van der Waals surface area contributed by atoms with Crippen molar-refractivity contribution >= 4 is 17.3 Å². The zero-order valence-corrected chi connectivity index (χ0v) is 10.6. The minimum Gasteiger partial charge on any atom is -0.382 e. The number of fused-ring (bicyclic) bond motifs is 1. The first-order valence-corrected chi connectivity index (χ1v) is 5.94. The number of aromatic nitrogens is 1. The molecule has 0 aliphatic carbocycles. The second-order valence-corrected chi connectivity index (χ2v) is 5.75. The number of nitrogens with zero attached hydrogens (tertiary/aromatic N) is 1. The maximum Gasteiger partial charge on any atom is 0.229 e. The molecule has 1 amide bonds. The van der Waals surface area contributed by atoms with E-state index < -0.39 is 0 Å². The van der Waals surface area contributed by atoms with Gasteiger partial charge in [-0.1, -0.05) is 20.8 Å². The van der Waals surface area contributed by atoms with Gasteiger partial charge in [-0.25, -0.2) is 0 Å². The number of hydrogen-bond acceptors (Lipinski definition) is 3. The number of nitrogens with one attached hydrogen (secondary N) is 2. The summed E-state index contributed by atoms with van der Waals surface area (Å²) in [4.78, 5) is 16.1. The van der Waals surface area contributed by atoms with Crippen LogP contribution in [0.25, 0.3) is 0 Å². The highest BCUT2D eigenvalue weighted by molar-refractivity contribution is 5.97. The third kappa shape index (κ3) is 2.96. The van der Waals surface area contributed by atoms with E-state index in [1.807, 2.05) is 6.07 Å². The highest BCUT2D eigenvalue weighted by atomic mass is 16.1. The summed E-state index contributed by atoms with van der Waals surface area (Å²) < 4.78 is 0. The van der Waals surface area contributed by atoms with Gasteiger partial charge in [0.05, 0.1) is 23.5 Å². The zero-order chi connectivity index (χ0) is 12.5. The maximum absolute atomic E-state index is 12.1. The summed E-state index contributed by atoms with van der Waals surface area (Å²) in [7, 11) is 0. The molecule has 2 heterocycles. The fourth-order valence-corrected chi connectivity index (χ4v) is 2.11. The quantitative estimate of drug-likeness (QED) is 0.783. The highest BCUT2D eigenvalue weighted by Crippen LogP contribution is 2.29. The summed E-state index contributed by atoms with van der Waals surface area (Å²) in [6.07, 6.45) is 4.27. The minimum absolute atomic E-state index is 0.00222. The van der Waals surface area contributed by atoms with E-state index >= 15 is 0 Å². The lowest BCUT2D eigenvalue weighted by atomic mass is 9.84. The van der Waals surface area contributed by atoms with Crippen molar-refractivity contribution in [2.75, 3.05) is 17.2 Å². The van der Waals surface area contributed by atoms with Crippen molar-refractivity contribution in [3.05, 3.63) is 18.5 Å². The van der Waals surface area contributed by atoms with E-state index in [4.69, 9.17) is 0 Å². The van der Waals surface area contributed by atoms with Crippen LogP contribution in [0.2, 0.25) is 0 Å². The summed E-state index contributed by atoms with van der Waals surface area (Å²) >= 11 is 0. The summed E-state index contributed by atoms with van der Waals surface area (Å²) in [5.74, 6) is 0.0848. The van der Waals surface area contributed by atoms with Crippen LogP contribution in [-0.2, 0) is 4.79 Å². The number of pyridine rings is 1. The van der Waals surface area contributed by atoms with Gasteiger partial charge in [-0.05, 0) is 17.9 Å². The molecule has 2 N–H and O–H groups in total. The fourth-order valence-electron chi connectivity index (χ4n) is 2.11. The molecule has 2 rings (SSSR count).